The van der Waals surface area contributed by atoms with Crippen molar-refractivity contribution in [3.8, 4) is 0 Å². The first-order valence-electron chi connectivity index (χ1n) is 9.27. The van der Waals surface area contributed by atoms with Crippen LogP contribution < -0.4 is 5.32 Å². The molecule has 5 rings (SSSR count). The van der Waals surface area contributed by atoms with Crippen LogP contribution in [0.5, 0.6) is 0 Å². The Kier molecular flexibility index (Phi) is 3.33. The maximum absolute atomic E-state index is 3.84. The first-order chi connectivity index (χ1) is 12.3. The van der Waals surface area contributed by atoms with E-state index in [0.717, 1.165) is 6.54 Å². The summed E-state index contributed by atoms with van der Waals surface area (Å²) in [4.78, 5) is 0. The Morgan fingerprint density at radius 2 is 1.40 bits per heavy atom. The molecule has 1 N–H and O–H groups in total. The van der Waals surface area contributed by atoms with Gasteiger partial charge in [-0.25, -0.2) is 0 Å². The fourth-order valence-electron chi connectivity index (χ4n) is 5.17. The van der Waals surface area contributed by atoms with Crippen molar-refractivity contribution in [1.29, 1.82) is 0 Å². The smallest absolute Gasteiger partial charge is 0.0368 e. The minimum atomic E-state index is 0.104. The average Bonchev–Trinajstić information content (AvgIpc) is 3.21. The molecular formula is C24H23N. The molecule has 3 aromatic carbocycles. The predicted molar refractivity (Wildman–Crippen MR) is 103 cm³/mol. The SMILES string of the molecule is CC(NCc1ccccc1)C12CC(c3ccccc31)c1ccccc12. The summed E-state index contributed by atoms with van der Waals surface area (Å²) in [5, 5.41) is 3.84. The van der Waals surface area contributed by atoms with E-state index >= 15 is 0 Å². The molecule has 2 aliphatic rings. The minimum absolute atomic E-state index is 0.104. The zero-order valence-corrected chi connectivity index (χ0v) is 14.6. The lowest BCUT2D eigenvalue weighted by atomic mass is 9.70. The van der Waals surface area contributed by atoms with Gasteiger partial charge in [0.2, 0.25) is 0 Å². The second-order valence-electron chi connectivity index (χ2n) is 7.49. The topological polar surface area (TPSA) is 12.0 Å². The van der Waals surface area contributed by atoms with Gasteiger partial charge in [-0.1, -0.05) is 78.9 Å². The minimum Gasteiger partial charge on any atom is -0.309 e. The Labute approximate surface area is 149 Å². The largest absolute Gasteiger partial charge is 0.309 e. The van der Waals surface area contributed by atoms with Crippen molar-refractivity contribution in [3.63, 3.8) is 0 Å². The van der Waals surface area contributed by atoms with Crippen molar-refractivity contribution in [2.75, 3.05) is 0 Å². The molecule has 0 saturated carbocycles. The van der Waals surface area contributed by atoms with Gasteiger partial charge in [0, 0.05) is 23.9 Å². The van der Waals surface area contributed by atoms with Gasteiger partial charge in [-0.3, -0.25) is 0 Å². The molecule has 0 spiro atoms. The third-order valence-corrected chi connectivity index (χ3v) is 6.35. The standard InChI is InChI=1S/C24H23N/c1-17(25-16-18-9-3-2-4-10-18)24-15-21(19-11-5-7-13-22(19)24)20-12-6-8-14-23(20)24/h2-14,17,21,25H,15-16H2,1H3. The summed E-state index contributed by atoms with van der Waals surface area (Å²) in [7, 11) is 0. The van der Waals surface area contributed by atoms with E-state index < -0.39 is 0 Å². The maximum Gasteiger partial charge on any atom is 0.0368 e. The molecule has 1 heteroatoms. The Morgan fingerprint density at radius 3 is 2.04 bits per heavy atom. The molecule has 0 amide bonds. The molecule has 3 aromatic rings. The van der Waals surface area contributed by atoms with E-state index in [4.69, 9.17) is 0 Å². The van der Waals surface area contributed by atoms with E-state index in [1.807, 2.05) is 0 Å². The Morgan fingerprint density at radius 1 is 0.840 bits per heavy atom. The quantitative estimate of drug-likeness (QED) is 0.712. The molecule has 0 aromatic heterocycles. The van der Waals surface area contributed by atoms with Gasteiger partial charge in [-0.2, -0.15) is 0 Å². The highest BCUT2D eigenvalue weighted by Gasteiger charge is 2.54. The lowest BCUT2D eigenvalue weighted by Gasteiger charge is -2.37. The Hall–Kier alpha value is -2.38. The van der Waals surface area contributed by atoms with E-state index in [-0.39, 0.29) is 5.41 Å². The summed E-state index contributed by atoms with van der Waals surface area (Å²) in [6.45, 7) is 3.28. The fourth-order valence-corrected chi connectivity index (χ4v) is 5.17. The van der Waals surface area contributed by atoms with Crippen LogP contribution in [-0.2, 0) is 12.0 Å². The van der Waals surface area contributed by atoms with Crippen molar-refractivity contribution in [2.45, 2.75) is 37.3 Å². The number of benzene rings is 3. The van der Waals surface area contributed by atoms with Crippen LogP contribution in [0.2, 0.25) is 0 Å². The molecule has 0 fully saturated rings. The van der Waals surface area contributed by atoms with Gasteiger partial charge in [0.1, 0.15) is 0 Å². The molecule has 25 heavy (non-hydrogen) atoms. The number of nitrogens with one attached hydrogen (secondary N) is 1. The fraction of sp³-hybridized carbons (Fsp3) is 0.250. The van der Waals surface area contributed by atoms with Crippen molar-refractivity contribution in [2.24, 2.45) is 0 Å². The number of hydrogen-bond acceptors (Lipinski definition) is 1. The Balaban J connectivity index is 1.55. The van der Waals surface area contributed by atoms with Gasteiger partial charge in [-0.05, 0) is 41.2 Å². The van der Waals surface area contributed by atoms with Crippen LogP contribution >= 0.6 is 0 Å². The van der Waals surface area contributed by atoms with E-state index in [1.54, 1.807) is 0 Å². The van der Waals surface area contributed by atoms with Crippen molar-refractivity contribution in [1.82, 2.24) is 5.32 Å². The van der Waals surface area contributed by atoms with Crippen LogP contribution in [0.4, 0.5) is 0 Å². The molecule has 0 saturated heterocycles. The van der Waals surface area contributed by atoms with Gasteiger partial charge in [0.05, 0.1) is 0 Å². The molecule has 2 aliphatic carbocycles. The number of hydrogen-bond donors (Lipinski definition) is 1. The highest BCUT2D eigenvalue weighted by atomic mass is 14.9. The van der Waals surface area contributed by atoms with Crippen LogP contribution in [0.1, 0.15) is 47.1 Å². The van der Waals surface area contributed by atoms with Crippen LogP contribution in [0.3, 0.4) is 0 Å². The molecule has 1 nitrogen and oxygen atoms in total. The van der Waals surface area contributed by atoms with Gasteiger partial charge in [-0.15, -0.1) is 0 Å². The highest BCUT2D eigenvalue weighted by Crippen LogP contribution is 2.61. The second-order valence-corrected chi connectivity index (χ2v) is 7.49. The molecule has 2 bridgehead atoms. The summed E-state index contributed by atoms with van der Waals surface area (Å²) in [5.74, 6) is 0.563. The Bertz CT molecular complexity index is 865. The molecule has 124 valence electrons. The zero-order valence-electron chi connectivity index (χ0n) is 14.6. The lowest BCUT2D eigenvalue weighted by molar-refractivity contribution is 0.369. The summed E-state index contributed by atoms with van der Waals surface area (Å²) >= 11 is 0. The van der Waals surface area contributed by atoms with Crippen LogP contribution in [0.25, 0.3) is 0 Å². The number of fused-ring (bicyclic) bond motifs is 8. The first-order valence-corrected chi connectivity index (χ1v) is 9.27. The zero-order chi connectivity index (χ0) is 16.9. The van der Waals surface area contributed by atoms with E-state index in [9.17, 15) is 0 Å². The van der Waals surface area contributed by atoms with Crippen LogP contribution in [0.15, 0.2) is 78.9 Å². The van der Waals surface area contributed by atoms with Crippen molar-refractivity contribution in [3.05, 3.63) is 107 Å². The molecule has 0 aliphatic heterocycles. The normalized spacial score (nSPS) is 24.0. The predicted octanol–water partition coefficient (Wildman–Crippen LogP) is 5.00. The monoisotopic (exact) mass is 325 g/mol. The van der Waals surface area contributed by atoms with Gasteiger partial charge in [0.25, 0.3) is 0 Å². The molecule has 1 atom stereocenters. The average molecular weight is 325 g/mol. The molecular weight excluding hydrogens is 302 g/mol. The number of rotatable bonds is 4. The summed E-state index contributed by atoms with van der Waals surface area (Å²) in [6, 6.07) is 29.3. The summed E-state index contributed by atoms with van der Waals surface area (Å²) < 4.78 is 0. The summed E-state index contributed by atoms with van der Waals surface area (Å²) in [6.07, 6.45) is 1.20. The van der Waals surface area contributed by atoms with E-state index in [0.29, 0.717) is 12.0 Å². The summed E-state index contributed by atoms with van der Waals surface area (Å²) in [5.41, 5.74) is 7.59. The third-order valence-electron chi connectivity index (χ3n) is 6.35. The van der Waals surface area contributed by atoms with E-state index in [2.05, 4.69) is 91.1 Å². The van der Waals surface area contributed by atoms with Crippen molar-refractivity contribution >= 4 is 0 Å². The van der Waals surface area contributed by atoms with Gasteiger partial charge >= 0.3 is 0 Å². The third kappa shape index (κ3) is 2.06. The second kappa shape index (κ2) is 5.57. The maximum atomic E-state index is 3.84. The van der Waals surface area contributed by atoms with Gasteiger partial charge in [0.15, 0.2) is 0 Å². The molecule has 0 heterocycles. The van der Waals surface area contributed by atoms with Crippen molar-refractivity contribution < 1.29 is 0 Å². The molecule has 1 unspecified atom stereocenters. The first kappa shape index (κ1) is 14.9. The highest BCUT2D eigenvalue weighted by molar-refractivity contribution is 5.63. The van der Waals surface area contributed by atoms with Crippen LogP contribution in [-0.4, -0.2) is 6.04 Å². The van der Waals surface area contributed by atoms with E-state index in [1.165, 1.54) is 34.2 Å². The molecule has 0 radical (unpaired) electrons. The van der Waals surface area contributed by atoms with Crippen LogP contribution in [0, 0.1) is 0 Å². The lowest BCUT2D eigenvalue weighted by Crippen LogP contribution is -2.45. The van der Waals surface area contributed by atoms with Gasteiger partial charge < -0.3 is 5.32 Å².